The first-order valence-corrected chi connectivity index (χ1v) is 3.46. The molecule has 0 aliphatic carbocycles. The van der Waals surface area contributed by atoms with E-state index in [0.29, 0.717) is 12.1 Å². The third kappa shape index (κ3) is 1.53. The van der Waals surface area contributed by atoms with Crippen molar-refractivity contribution in [2.45, 2.75) is 12.5 Å². The van der Waals surface area contributed by atoms with E-state index in [4.69, 9.17) is 6.42 Å². The van der Waals surface area contributed by atoms with Crippen molar-refractivity contribution in [3.63, 3.8) is 0 Å². The van der Waals surface area contributed by atoms with Crippen LogP contribution in [0.15, 0.2) is 6.20 Å². The molecule has 1 aromatic rings. The van der Waals surface area contributed by atoms with E-state index in [1.165, 1.54) is 6.20 Å². The van der Waals surface area contributed by atoms with E-state index in [0.717, 1.165) is 11.7 Å². The lowest BCUT2D eigenvalue weighted by Gasteiger charge is -1.98. The Morgan fingerprint density at radius 2 is 2.70 bits per heavy atom. The average Bonchev–Trinajstić information content (AvgIpc) is 2.38. The van der Waals surface area contributed by atoms with Gasteiger partial charge in [-0.3, -0.25) is 0 Å². The van der Waals surface area contributed by atoms with Crippen molar-refractivity contribution in [2.75, 3.05) is 0 Å². The summed E-state index contributed by atoms with van der Waals surface area (Å²) >= 11 is 1.07. The molecule has 0 fully saturated rings. The van der Waals surface area contributed by atoms with Crippen LogP contribution in [0, 0.1) is 12.3 Å². The van der Waals surface area contributed by atoms with Crippen LogP contribution in [0.1, 0.15) is 18.2 Å². The number of hydrogen-bond acceptors (Lipinski definition) is 4. The first kappa shape index (κ1) is 7.19. The lowest BCUT2D eigenvalue weighted by molar-refractivity contribution is 0.180. The molecule has 0 saturated carbocycles. The molecule has 0 aliphatic heterocycles. The number of terminal acetylenes is 1. The zero-order chi connectivity index (χ0) is 7.40. The maximum absolute atomic E-state index is 9.17. The van der Waals surface area contributed by atoms with Crippen molar-refractivity contribution in [3.8, 4) is 12.3 Å². The number of aliphatic hydroxyl groups is 1. The van der Waals surface area contributed by atoms with E-state index in [2.05, 4.69) is 14.7 Å². The van der Waals surface area contributed by atoms with Gasteiger partial charge in [0.1, 0.15) is 11.8 Å². The second kappa shape index (κ2) is 3.30. The van der Waals surface area contributed by atoms with Gasteiger partial charge in [0.05, 0.1) is 17.9 Å². The zero-order valence-electron chi connectivity index (χ0n) is 5.19. The van der Waals surface area contributed by atoms with Crippen LogP contribution in [0.3, 0.4) is 0 Å². The third-order valence-corrected chi connectivity index (χ3v) is 1.52. The SMILES string of the molecule is C#CCC(O)c1cnsn1. The second-order valence-electron chi connectivity index (χ2n) is 1.76. The van der Waals surface area contributed by atoms with E-state index >= 15 is 0 Å². The highest BCUT2D eigenvalue weighted by molar-refractivity contribution is 6.99. The van der Waals surface area contributed by atoms with Crippen molar-refractivity contribution in [1.82, 2.24) is 8.75 Å². The predicted molar refractivity (Wildman–Crippen MR) is 38.3 cm³/mol. The Bertz CT molecular complexity index is 226. The molecule has 1 heterocycles. The van der Waals surface area contributed by atoms with E-state index in [9.17, 15) is 5.11 Å². The molecule has 0 amide bonds. The number of hydrogen-bond donors (Lipinski definition) is 1. The van der Waals surface area contributed by atoms with Gasteiger partial charge in [-0.25, -0.2) is 0 Å². The molecule has 0 spiro atoms. The molecule has 3 nitrogen and oxygen atoms in total. The minimum Gasteiger partial charge on any atom is -0.386 e. The maximum Gasteiger partial charge on any atom is 0.110 e. The van der Waals surface area contributed by atoms with Crippen molar-refractivity contribution in [1.29, 1.82) is 0 Å². The first-order valence-electron chi connectivity index (χ1n) is 2.73. The molecule has 1 atom stereocenters. The summed E-state index contributed by atoms with van der Waals surface area (Å²) in [5, 5.41) is 9.17. The summed E-state index contributed by atoms with van der Waals surface area (Å²) in [6, 6.07) is 0. The highest BCUT2D eigenvalue weighted by Gasteiger charge is 2.07. The molecule has 0 radical (unpaired) electrons. The lowest BCUT2D eigenvalue weighted by atomic mass is 10.2. The van der Waals surface area contributed by atoms with Gasteiger partial charge in [-0.1, -0.05) is 0 Å². The summed E-state index contributed by atoms with van der Waals surface area (Å²) in [6.07, 6.45) is 6.15. The molecule has 10 heavy (non-hydrogen) atoms. The summed E-state index contributed by atoms with van der Waals surface area (Å²) < 4.78 is 7.55. The Balaban J connectivity index is 2.61. The Labute approximate surface area is 63.0 Å². The molecule has 0 saturated heterocycles. The standard InChI is InChI=1S/C6H6N2OS/c1-2-3-6(9)5-4-7-10-8-5/h1,4,6,9H,3H2. The van der Waals surface area contributed by atoms with Crippen LogP contribution in [0.25, 0.3) is 0 Å². The topological polar surface area (TPSA) is 46.0 Å². The minimum absolute atomic E-state index is 0.297. The maximum atomic E-state index is 9.17. The minimum atomic E-state index is -0.649. The van der Waals surface area contributed by atoms with Gasteiger partial charge in [0.25, 0.3) is 0 Å². The fourth-order valence-corrected chi connectivity index (χ4v) is 1.00. The summed E-state index contributed by atoms with van der Waals surface area (Å²) in [5.74, 6) is 2.34. The van der Waals surface area contributed by atoms with Crippen LogP contribution in [-0.2, 0) is 0 Å². The van der Waals surface area contributed by atoms with Crippen LogP contribution < -0.4 is 0 Å². The van der Waals surface area contributed by atoms with Gasteiger partial charge in [-0.15, -0.1) is 12.3 Å². The normalized spacial score (nSPS) is 12.4. The molecule has 1 aromatic heterocycles. The number of rotatable bonds is 2. The van der Waals surface area contributed by atoms with E-state index in [1.807, 2.05) is 0 Å². The van der Waals surface area contributed by atoms with Crippen LogP contribution in [0.2, 0.25) is 0 Å². The summed E-state index contributed by atoms with van der Waals surface area (Å²) in [7, 11) is 0. The highest BCUT2D eigenvalue weighted by Crippen LogP contribution is 2.12. The first-order chi connectivity index (χ1) is 4.84. The molecule has 0 aliphatic rings. The number of aromatic nitrogens is 2. The predicted octanol–water partition coefficient (Wildman–Crippen LogP) is 0.595. The fraction of sp³-hybridized carbons (Fsp3) is 0.333. The van der Waals surface area contributed by atoms with Crippen molar-refractivity contribution in [2.24, 2.45) is 0 Å². The van der Waals surface area contributed by atoms with Gasteiger partial charge in [0.15, 0.2) is 0 Å². The van der Waals surface area contributed by atoms with E-state index < -0.39 is 6.10 Å². The molecular formula is C6H6N2OS. The van der Waals surface area contributed by atoms with Crippen LogP contribution in [0.5, 0.6) is 0 Å². The quantitative estimate of drug-likeness (QED) is 0.634. The van der Waals surface area contributed by atoms with Crippen LogP contribution in [0.4, 0.5) is 0 Å². The Morgan fingerprint density at radius 3 is 3.20 bits per heavy atom. The van der Waals surface area contributed by atoms with E-state index in [-0.39, 0.29) is 0 Å². The monoisotopic (exact) mass is 154 g/mol. The van der Waals surface area contributed by atoms with Crippen molar-refractivity contribution >= 4 is 11.7 Å². The number of aliphatic hydroxyl groups excluding tert-OH is 1. The largest absolute Gasteiger partial charge is 0.386 e. The Hall–Kier alpha value is -0.920. The molecule has 4 heteroatoms. The highest BCUT2D eigenvalue weighted by atomic mass is 32.1. The second-order valence-corrected chi connectivity index (χ2v) is 2.31. The van der Waals surface area contributed by atoms with Gasteiger partial charge in [0.2, 0.25) is 0 Å². The summed E-state index contributed by atoms with van der Waals surface area (Å²) in [5.41, 5.74) is 0.558. The van der Waals surface area contributed by atoms with Crippen LogP contribution >= 0.6 is 11.7 Å². The van der Waals surface area contributed by atoms with Gasteiger partial charge in [-0.05, 0) is 0 Å². The summed E-state index contributed by atoms with van der Waals surface area (Å²) in [6.45, 7) is 0. The summed E-state index contributed by atoms with van der Waals surface area (Å²) in [4.78, 5) is 0. The van der Waals surface area contributed by atoms with Gasteiger partial charge in [0, 0.05) is 6.42 Å². The molecular weight excluding hydrogens is 148 g/mol. The van der Waals surface area contributed by atoms with Crippen LogP contribution in [-0.4, -0.2) is 13.9 Å². The number of nitrogens with zero attached hydrogens (tertiary/aromatic N) is 2. The fourth-order valence-electron chi connectivity index (χ4n) is 0.535. The van der Waals surface area contributed by atoms with Gasteiger partial charge in [-0.2, -0.15) is 8.75 Å². The van der Waals surface area contributed by atoms with Gasteiger partial charge < -0.3 is 5.11 Å². The van der Waals surface area contributed by atoms with Gasteiger partial charge >= 0.3 is 0 Å². The zero-order valence-corrected chi connectivity index (χ0v) is 6.01. The lowest BCUT2D eigenvalue weighted by Crippen LogP contribution is -1.94. The molecule has 1 rings (SSSR count). The Kier molecular flexibility index (Phi) is 2.37. The third-order valence-electron chi connectivity index (χ3n) is 1.03. The van der Waals surface area contributed by atoms with Crippen molar-refractivity contribution in [3.05, 3.63) is 11.9 Å². The smallest absolute Gasteiger partial charge is 0.110 e. The molecule has 0 aromatic carbocycles. The average molecular weight is 154 g/mol. The Morgan fingerprint density at radius 1 is 1.90 bits per heavy atom. The molecule has 1 N–H and O–H groups in total. The molecule has 1 unspecified atom stereocenters. The molecule has 0 bridgehead atoms. The molecule has 52 valence electrons. The van der Waals surface area contributed by atoms with Crippen molar-refractivity contribution < 1.29 is 5.11 Å². The van der Waals surface area contributed by atoms with E-state index in [1.54, 1.807) is 0 Å².